The van der Waals surface area contributed by atoms with E-state index in [-0.39, 0.29) is 0 Å². The van der Waals surface area contributed by atoms with E-state index < -0.39 is 0 Å². The van der Waals surface area contributed by atoms with E-state index in [0.717, 1.165) is 6.42 Å². The van der Waals surface area contributed by atoms with Crippen LogP contribution >= 0.6 is 15.9 Å². The molecule has 0 fully saturated rings. The first kappa shape index (κ1) is 7.80. The molecule has 0 aliphatic carbocycles. The molecule has 1 heteroatoms. The van der Waals surface area contributed by atoms with E-state index in [0.29, 0.717) is 4.83 Å². The van der Waals surface area contributed by atoms with Crippen LogP contribution in [0.1, 0.15) is 23.7 Å². The molecule has 0 radical (unpaired) electrons. The summed E-state index contributed by atoms with van der Waals surface area (Å²) in [5, 5.41) is 0. The normalized spacial score (nSPS) is 13.0. The smallest absolute Gasteiger partial charge is 0.0392 e. The quantitative estimate of drug-likeness (QED) is 0.639. The number of rotatable bonds is 2. The molecule has 1 atom stereocenters. The molecule has 0 N–H and O–H groups in total. The summed E-state index contributed by atoms with van der Waals surface area (Å²) in [5.41, 5.74) is 1.37. The molecule has 0 amide bonds. The molecule has 10 heavy (non-hydrogen) atoms. The van der Waals surface area contributed by atoms with Crippen molar-refractivity contribution in [1.82, 2.24) is 0 Å². The topological polar surface area (TPSA) is 0 Å². The van der Waals surface area contributed by atoms with E-state index in [4.69, 9.17) is 0 Å². The fourth-order valence-corrected chi connectivity index (χ4v) is 1.20. The van der Waals surface area contributed by atoms with Gasteiger partial charge in [-0.2, -0.15) is 0 Å². The van der Waals surface area contributed by atoms with Gasteiger partial charge in [-0.05, 0) is 12.0 Å². The van der Waals surface area contributed by atoms with E-state index >= 15 is 0 Å². The average Bonchev–Trinajstić information content (AvgIpc) is 2.05. The number of alkyl halides is 1. The van der Waals surface area contributed by atoms with Crippen molar-refractivity contribution < 1.29 is 0 Å². The molecule has 0 spiro atoms. The van der Waals surface area contributed by atoms with Gasteiger partial charge in [-0.1, -0.05) is 53.2 Å². The minimum Gasteiger partial charge on any atom is -0.0839 e. The van der Waals surface area contributed by atoms with Crippen LogP contribution in [0.25, 0.3) is 0 Å². The Balaban J connectivity index is 2.75. The summed E-state index contributed by atoms with van der Waals surface area (Å²) in [4.78, 5) is 0.522. The Kier molecular flexibility index (Phi) is 2.94. The van der Waals surface area contributed by atoms with Gasteiger partial charge in [-0.3, -0.25) is 0 Å². The maximum atomic E-state index is 3.58. The number of halogens is 1. The fraction of sp³-hybridized carbons (Fsp3) is 0.333. The van der Waals surface area contributed by atoms with Crippen molar-refractivity contribution in [2.45, 2.75) is 18.2 Å². The van der Waals surface area contributed by atoms with Crippen LogP contribution in [0.5, 0.6) is 0 Å². The molecule has 0 aromatic heterocycles. The van der Waals surface area contributed by atoms with E-state index in [1.165, 1.54) is 5.56 Å². The zero-order valence-corrected chi connectivity index (χ0v) is 7.64. The van der Waals surface area contributed by atoms with E-state index in [2.05, 4.69) is 47.1 Å². The van der Waals surface area contributed by atoms with Gasteiger partial charge in [0.25, 0.3) is 0 Å². The minimum atomic E-state index is 0.522. The molecule has 0 nitrogen and oxygen atoms in total. The van der Waals surface area contributed by atoms with Crippen molar-refractivity contribution in [3.05, 3.63) is 35.9 Å². The lowest BCUT2D eigenvalue weighted by Gasteiger charge is -2.04. The second-order valence-electron chi connectivity index (χ2n) is 2.29. The molecular formula is C9H11Br. The zero-order chi connectivity index (χ0) is 7.40. The summed E-state index contributed by atoms with van der Waals surface area (Å²) in [7, 11) is 0. The lowest BCUT2D eigenvalue weighted by atomic mass is 10.1. The Bertz CT molecular complexity index is 181. The Morgan fingerprint density at radius 3 is 2.40 bits per heavy atom. The van der Waals surface area contributed by atoms with Gasteiger partial charge in [-0.25, -0.2) is 0 Å². The predicted octanol–water partition coefficient (Wildman–Crippen LogP) is 3.53. The van der Waals surface area contributed by atoms with Crippen LogP contribution in [0.15, 0.2) is 30.3 Å². The molecular weight excluding hydrogens is 188 g/mol. The highest BCUT2D eigenvalue weighted by Crippen LogP contribution is 2.24. The van der Waals surface area contributed by atoms with Crippen LogP contribution in [0, 0.1) is 0 Å². The molecule has 1 aromatic rings. The monoisotopic (exact) mass is 198 g/mol. The van der Waals surface area contributed by atoms with Gasteiger partial charge in [-0.15, -0.1) is 0 Å². The van der Waals surface area contributed by atoms with Gasteiger partial charge in [0.15, 0.2) is 0 Å². The second kappa shape index (κ2) is 3.77. The van der Waals surface area contributed by atoms with Crippen molar-refractivity contribution in [3.63, 3.8) is 0 Å². The number of benzene rings is 1. The highest BCUT2D eigenvalue weighted by atomic mass is 79.9. The van der Waals surface area contributed by atoms with E-state index in [1.807, 2.05) is 6.07 Å². The van der Waals surface area contributed by atoms with E-state index in [1.54, 1.807) is 0 Å². The van der Waals surface area contributed by atoms with Crippen LogP contribution in [0.2, 0.25) is 0 Å². The van der Waals surface area contributed by atoms with Crippen molar-refractivity contribution in [1.29, 1.82) is 0 Å². The first-order chi connectivity index (χ1) is 4.84. The maximum Gasteiger partial charge on any atom is 0.0392 e. The molecule has 54 valence electrons. The average molecular weight is 199 g/mol. The van der Waals surface area contributed by atoms with Crippen LogP contribution in [-0.4, -0.2) is 0 Å². The lowest BCUT2D eigenvalue weighted by Crippen LogP contribution is -1.84. The molecule has 0 saturated carbocycles. The summed E-state index contributed by atoms with van der Waals surface area (Å²) >= 11 is 3.58. The van der Waals surface area contributed by atoms with Gasteiger partial charge in [0, 0.05) is 4.83 Å². The molecule has 0 heterocycles. The van der Waals surface area contributed by atoms with Gasteiger partial charge in [0.1, 0.15) is 0 Å². The fourth-order valence-electron chi connectivity index (χ4n) is 0.898. The molecule has 0 saturated heterocycles. The summed E-state index contributed by atoms with van der Waals surface area (Å²) in [6.45, 7) is 2.17. The molecule has 0 aliphatic heterocycles. The van der Waals surface area contributed by atoms with Crippen molar-refractivity contribution in [3.8, 4) is 0 Å². The Hall–Kier alpha value is -0.300. The molecule has 1 rings (SSSR count). The predicted molar refractivity (Wildman–Crippen MR) is 48.4 cm³/mol. The van der Waals surface area contributed by atoms with Crippen LogP contribution in [-0.2, 0) is 0 Å². The summed E-state index contributed by atoms with van der Waals surface area (Å²) in [6.07, 6.45) is 1.14. The van der Waals surface area contributed by atoms with Gasteiger partial charge in [0.05, 0.1) is 0 Å². The number of hydrogen-bond acceptors (Lipinski definition) is 0. The van der Waals surface area contributed by atoms with Gasteiger partial charge in [0.2, 0.25) is 0 Å². The van der Waals surface area contributed by atoms with Crippen LogP contribution in [0.3, 0.4) is 0 Å². The highest BCUT2D eigenvalue weighted by molar-refractivity contribution is 9.09. The minimum absolute atomic E-state index is 0.522. The summed E-state index contributed by atoms with van der Waals surface area (Å²) < 4.78 is 0. The van der Waals surface area contributed by atoms with Gasteiger partial charge >= 0.3 is 0 Å². The standard InChI is InChI=1S/C9H11Br/c1-2-9(10)8-6-4-3-5-7-8/h3-7,9H,2H2,1H3. The molecule has 0 aliphatic rings. The van der Waals surface area contributed by atoms with E-state index in [9.17, 15) is 0 Å². The van der Waals surface area contributed by atoms with Crippen LogP contribution in [0.4, 0.5) is 0 Å². The lowest BCUT2D eigenvalue weighted by molar-refractivity contribution is 0.911. The molecule has 1 aromatic carbocycles. The third-order valence-electron chi connectivity index (χ3n) is 1.52. The van der Waals surface area contributed by atoms with Crippen molar-refractivity contribution >= 4 is 15.9 Å². The van der Waals surface area contributed by atoms with Gasteiger partial charge < -0.3 is 0 Å². The van der Waals surface area contributed by atoms with Crippen molar-refractivity contribution in [2.24, 2.45) is 0 Å². The molecule has 0 bridgehead atoms. The highest BCUT2D eigenvalue weighted by Gasteiger charge is 2.00. The zero-order valence-electron chi connectivity index (χ0n) is 6.05. The summed E-state index contributed by atoms with van der Waals surface area (Å²) in [6, 6.07) is 10.5. The maximum absolute atomic E-state index is 3.58. The third kappa shape index (κ3) is 1.84. The number of hydrogen-bond donors (Lipinski definition) is 0. The Morgan fingerprint density at radius 1 is 1.30 bits per heavy atom. The Morgan fingerprint density at radius 2 is 1.90 bits per heavy atom. The van der Waals surface area contributed by atoms with Crippen LogP contribution < -0.4 is 0 Å². The summed E-state index contributed by atoms with van der Waals surface area (Å²) in [5.74, 6) is 0. The Labute approximate surface area is 70.4 Å². The first-order valence-electron chi connectivity index (χ1n) is 3.53. The van der Waals surface area contributed by atoms with Crippen molar-refractivity contribution in [2.75, 3.05) is 0 Å². The second-order valence-corrected chi connectivity index (χ2v) is 3.39. The third-order valence-corrected chi connectivity index (χ3v) is 2.70. The largest absolute Gasteiger partial charge is 0.0839 e. The first-order valence-corrected chi connectivity index (χ1v) is 4.45. The molecule has 1 unspecified atom stereocenters. The SMILES string of the molecule is CCC(Br)c1ccccc1.